The van der Waals surface area contributed by atoms with Crippen molar-refractivity contribution in [1.82, 2.24) is 10.2 Å². The number of rotatable bonds is 4. The summed E-state index contributed by atoms with van der Waals surface area (Å²) in [5.74, 6) is -0.371. The fourth-order valence-corrected chi connectivity index (χ4v) is 1.50. The molecule has 0 saturated heterocycles. The van der Waals surface area contributed by atoms with Gasteiger partial charge in [-0.3, -0.25) is 9.59 Å². The van der Waals surface area contributed by atoms with Crippen molar-refractivity contribution in [3.05, 3.63) is 29.3 Å². The highest BCUT2D eigenvalue weighted by Crippen LogP contribution is 2.12. The van der Waals surface area contributed by atoms with E-state index >= 15 is 0 Å². The van der Waals surface area contributed by atoms with Gasteiger partial charge in [-0.2, -0.15) is 0 Å². The predicted molar refractivity (Wildman–Crippen MR) is 71.2 cm³/mol. The van der Waals surface area contributed by atoms with E-state index < -0.39 is 0 Å². The molecule has 0 heterocycles. The maximum absolute atomic E-state index is 11.9. The number of carbonyl (C=O) groups excluding carboxylic acids is 2. The number of likely N-dealkylation sites (N-methyl/N-ethyl adjacent to an activating group) is 1. The molecule has 0 saturated carbocycles. The van der Waals surface area contributed by atoms with Gasteiger partial charge in [0.2, 0.25) is 5.91 Å². The van der Waals surface area contributed by atoms with E-state index in [0.717, 1.165) is 5.56 Å². The molecule has 1 aromatic carbocycles. The van der Waals surface area contributed by atoms with Crippen molar-refractivity contribution in [2.24, 2.45) is 0 Å². The van der Waals surface area contributed by atoms with Gasteiger partial charge in [0.1, 0.15) is 0 Å². The molecule has 0 radical (unpaired) electrons. The number of aryl methyl sites for hydroxylation is 1. The van der Waals surface area contributed by atoms with Crippen LogP contribution in [-0.2, 0) is 4.79 Å². The van der Waals surface area contributed by atoms with Crippen molar-refractivity contribution >= 4 is 17.5 Å². The summed E-state index contributed by atoms with van der Waals surface area (Å²) in [7, 11) is 1.70. The van der Waals surface area contributed by atoms with Gasteiger partial charge in [-0.15, -0.1) is 0 Å². The van der Waals surface area contributed by atoms with E-state index in [1.165, 1.54) is 0 Å². The number of nitrogens with two attached hydrogens (primary N) is 1. The van der Waals surface area contributed by atoms with Crippen LogP contribution in [0.25, 0.3) is 0 Å². The molecule has 0 aliphatic heterocycles. The second-order valence-electron chi connectivity index (χ2n) is 4.16. The van der Waals surface area contributed by atoms with Crippen LogP contribution in [0.4, 0.5) is 5.69 Å². The molecule has 0 bridgehead atoms. The van der Waals surface area contributed by atoms with E-state index in [2.05, 4.69) is 5.32 Å². The van der Waals surface area contributed by atoms with Gasteiger partial charge in [0.15, 0.2) is 0 Å². The zero-order chi connectivity index (χ0) is 13.7. The molecule has 1 aromatic rings. The SMILES string of the molecule is CCN(C)C(=O)CNC(=O)c1ccc(N)cc1C. The highest BCUT2D eigenvalue weighted by atomic mass is 16.2. The maximum atomic E-state index is 11.9. The topological polar surface area (TPSA) is 75.4 Å². The zero-order valence-corrected chi connectivity index (χ0v) is 11.0. The number of nitrogens with zero attached hydrogens (tertiary/aromatic N) is 1. The van der Waals surface area contributed by atoms with Crippen molar-refractivity contribution in [2.75, 3.05) is 25.9 Å². The van der Waals surface area contributed by atoms with E-state index in [1.54, 1.807) is 30.1 Å². The molecule has 3 N–H and O–H groups in total. The molecule has 0 aliphatic carbocycles. The third-order valence-corrected chi connectivity index (χ3v) is 2.80. The predicted octanol–water partition coefficient (Wildman–Crippen LogP) is 0.785. The van der Waals surface area contributed by atoms with Gasteiger partial charge in [0.25, 0.3) is 5.91 Å². The Morgan fingerprint density at radius 2 is 2.06 bits per heavy atom. The quantitative estimate of drug-likeness (QED) is 0.774. The van der Waals surface area contributed by atoms with Gasteiger partial charge >= 0.3 is 0 Å². The number of hydrogen-bond acceptors (Lipinski definition) is 3. The monoisotopic (exact) mass is 249 g/mol. The summed E-state index contributed by atoms with van der Waals surface area (Å²) in [4.78, 5) is 25.0. The Bertz CT molecular complexity index is 458. The van der Waals surface area contributed by atoms with Gasteiger partial charge in [-0.05, 0) is 37.6 Å². The molecular weight excluding hydrogens is 230 g/mol. The van der Waals surface area contributed by atoms with E-state index in [0.29, 0.717) is 17.8 Å². The van der Waals surface area contributed by atoms with Gasteiger partial charge in [-0.25, -0.2) is 0 Å². The number of carbonyl (C=O) groups is 2. The lowest BCUT2D eigenvalue weighted by atomic mass is 10.1. The van der Waals surface area contributed by atoms with Gasteiger partial charge in [0.05, 0.1) is 6.54 Å². The molecule has 5 heteroatoms. The molecule has 98 valence electrons. The minimum Gasteiger partial charge on any atom is -0.399 e. The molecule has 0 atom stereocenters. The van der Waals surface area contributed by atoms with Crippen LogP contribution in [0.5, 0.6) is 0 Å². The smallest absolute Gasteiger partial charge is 0.251 e. The summed E-state index contributed by atoms with van der Waals surface area (Å²) in [5, 5.41) is 2.60. The lowest BCUT2D eigenvalue weighted by Crippen LogP contribution is -2.38. The van der Waals surface area contributed by atoms with Crippen LogP contribution in [0, 0.1) is 6.92 Å². The number of anilines is 1. The Balaban J connectivity index is 2.63. The number of hydrogen-bond donors (Lipinski definition) is 2. The minimum atomic E-state index is -0.259. The van der Waals surface area contributed by atoms with Crippen molar-refractivity contribution in [2.45, 2.75) is 13.8 Å². The first kappa shape index (κ1) is 14.0. The number of nitrogens with one attached hydrogen (secondary N) is 1. The van der Waals surface area contributed by atoms with Crippen LogP contribution in [0.15, 0.2) is 18.2 Å². The van der Waals surface area contributed by atoms with Gasteiger partial charge < -0.3 is 16.0 Å². The Kier molecular flexibility index (Phi) is 4.71. The highest BCUT2D eigenvalue weighted by Gasteiger charge is 2.12. The summed E-state index contributed by atoms with van der Waals surface area (Å²) >= 11 is 0. The van der Waals surface area contributed by atoms with Gasteiger partial charge in [-0.1, -0.05) is 0 Å². The molecule has 2 amide bonds. The summed E-state index contributed by atoms with van der Waals surface area (Å²) in [6, 6.07) is 5.06. The highest BCUT2D eigenvalue weighted by molar-refractivity contribution is 5.97. The van der Waals surface area contributed by atoms with Crippen molar-refractivity contribution in [1.29, 1.82) is 0 Å². The third-order valence-electron chi connectivity index (χ3n) is 2.80. The molecule has 5 nitrogen and oxygen atoms in total. The molecule has 18 heavy (non-hydrogen) atoms. The van der Waals surface area contributed by atoms with Crippen LogP contribution < -0.4 is 11.1 Å². The Morgan fingerprint density at radius 3 is 2.61 bits per heavy atom. The molecule has 0 spiro atoms. The first-order chi connectivity index (χ1) is 8.45. The standard InChI is InChI=1S/C13H19N3O2/c1-4-16(3)12(17)8-15-13(18)11-6-5-10(14)7-9(11)2/h5-7H,4,8,14H2,1-3H3,(H,15,18). The fraction of sp³-hybridized carbons (Fsp3) is 0.385. The van der Waals surface area contributed by atoms with Gasteiger partial charge in [0, 0.05) is 24.8 Å². The Morgan fingerprint density at radius 1 is 1.39 bits per heavy atom. The molecule has 0 unspecified atom stereocenters. The summed E-state index contributed by atoms with van der Waals surface area (Å²) in [5.41, 5.74) is 7.56. The zero-order valence-electron chi connectivity index (χ0n) is 11.0. The van der Waals surface area contributed by atoms with Crippen LogP contribution in [-0.4, -0.2) is 36.9 Å². The van der Waals surface area contributed by atoms with Crippen molar-refractivity contribution in [3.8, 4) is 0 Å². The Hall–Kier alpha value is -2.04. The van der Waals surface area contributed by atoms with Crippen molar-refractivity contribution < 1.29 is 9.59 Å². The van der Waals surface area contributed by atoms with Crippen LogP contribution in [0.2, 0.25) is 0 Å². The first-order valence-electron chi connectivity index (χ1n) is 5.84. The van der Waals surface area contributed by atoms with E-state index in [9.17, 15) is 9.59 Å². The van der Waals surface area contributed by atoms with E-state index in [1.807, 2.05) is 13.8 Å². The van der Waals surface area contributed by atoms with Crippen LogP contribution in [0.3, 0.4) is 0 Å². The largest absolute Gasteiger partial charge is 0.399 e. The fourth-order valence-electron chi connectivity index (χ4n) is 1.50. The summed E-state index contributed by atoms with van der Waals surface area (Å²) in [6.45, 7) is 4.32. The lowest BCUT2D eigenvalue weighted by molar-refractivity contribution is -0.128. The maximum Gasteiger partial charge on any atom is 0.251 e. The summed E-state index contributed by atoms with van der Waals surface area (Å²) < 4.78 is 0. The average Bonchev–Trinajstić information content (AvgIpc) is 2.34. The molecular formula is C13H19N3O2. The van der Waals surface area contributed by atoms with Crippen LogP contribution in [0.1, 0.15) is 22.8 Å². The Labute approximate surface area is 107 Å². The van der Waals surface area contributed by atoms with E-state index in [-0.39, 0.29) is 18.4 Å². The number of amides is 2. The van der Waals surface area contributed by atoms with Crippen LogP contribution >= 0.6 is 0 Å². The second kappa shape index (κ2) is 6.05. The lowest BCUT2D eigenvalue weighted by Gasteiger charge is -2.15. The minimum absolute atomic E-state index is 0.00693. The molecule has 1 rings (SSSR count). The number of nitrogen functional groups attached to an aromatic ring is 1. The molecule has 0 aromatic heterocycles. The van der Waals surface area contributed by atoms with Crippen molar-refractivity contribution in [3.63, 3.8) is 0 Å². The van der Waals surface area contributed by atoms with E-state index in [4.69, 9.17) is 5.73 Å². The third kappa shape index (κ3) is 3.48. The first-order valence-corrected chi connectivity index (χ1v) is 5.84. The normalized spacial score (nSPS) is 9.94. The molecule has 0 aliphatic rings. The second-order valence-corrected chi connectivity index (χ2v) is 4.16. The summed E-state index contributed by atoms with van der Waals surface area (Å²) in [6.07, 6.45) is 0. The molecule has 0 fully saturated rings. The number of benzene rings is 1. The average molecular weight is 249 g/mol.